The Balaban J connectivity index is 2.19. The first-order chi connectivity index (χ1) is 9.24. The Morgan fingerprint density at radius 1 is 1.21 bits per heavy atom. The molecule has 0 spiro atoms. The first-order valence-electron chi connectivity index (χ1n) is 6.28. The highest BCUT2D eigenvalue weighted by atomic mass is 15.1. The summed E-state index contributed by atoms with van der Waals surface area (Å²) >= 11 is 0. The molecule has 0 amide bonds. The van der Waals surface area contributed by atoms with Crippen molar-refractivity contribution in [1.29, 1.82) is 0 Å². The van der Waals surface area contributed by atoms with Crippen LogP contribution in [0.1, 0.15) is 24.0 Å². The quantitative estimate of drug-likeness (QED) is 0.851. The lowest BCUT2D eigenvalue weighted by Gasteiger charge is -2.13. The van der Waals surface area contributed by atoms with Gasteiger partial charge in [-0.25, -0.2) is 19.9 Å². The summed E-state index contributed by atoms with van der Waals surface area (Å²) in [7, 11) is 1.86. The average Bonchev–Trinajstić information content (AvgIpc) is 2.47. The van der Waals surface area contributed by atoms with E-state index in [0.717, 1.165) is 35.1 Å². The SMILES string of the molecule is CCc1nc(NC)c(C)c(NCc2ccncn2)n1. The van der Waals surface area contributed by atoms with Gasteiger partial charge in [0, 0.05) is 25.2 Å². The Morgan fingerprint density at radius 2 is 2.00 bits per heavy atom. The predicted octanol–water partition coefficient (Wildman–Crippen LogP) is 1.79. The Labute approximate surface area is 112 Å². The lowest BCUT2D eigenvalue weighted by molar-refractivity contribution is 0.916. The molecule has 2 aromatic rings. The monoisotopic (exact) mass is 258 g/mol. The van der Waals surface area contributed by atoms with Crippen LogP contribution in [0.15, 0.2) is 18.6 Å². The highest BCUT2D eigenvalue weighted by Crippen LogP contribution is 2.20. The molecule has 0 aromatic carbocycles. The minimum absolute atomic E-state index is 0.618. The Bertz CT molecular complexity index is 540. The van der Waals surface area contributed by atoms with Gasteiger partial charge in [0.05, 0.1) is 12.2 Å². The second-order valence-corrected chi connectivity index (χ2v) is 4.12. The van der Waals surface area contributed by atoms with E-state index < -0.39 is 0 Å². The van der Waals surface area contributed by atoms with Crippen molar-refractivity contribution in [1.82, 2.24) is 19.9 Å². The van der Waals surface area contributed by atoms with Gasteiger partial charge in [0.15, 0.2) is 0 Å². The van der Waals surface area contributed by atoms with Gasteiger partial charge in [0.2, 0.25) is 0 Å². The van der Waals surface area contributed by atoms with Crippen LogP contribution in [0.5, 0.6) is 0 Å². The number of aryl methyl sites for hydroxylation is 1. The molecule has 2 aromatic heterocycles. The molecule has 0 aliphatic heterocycles. The van der Waals surface area contributed by atoms with E-state index >= 15 is 0 Å². The number of nitrogens with zero attached hydrogens (tertiary/aromatic N) is 4. The molecule has 2 N–H and O–H groups in total. The fraction of sp³-hybridized carbons (Fsp3) is 0.385. The molecule has 19 heavy (non-hydrogen) atoms. The topological polar surface area (TPSA) is 75.6 Å². The predicted molar refractivity (Wildman–Crippen MR) is 75.1 cm³/mol. The van der Waals surface area contributed by atoms with Crippen LogP contribution in [0.3, 0.4) is 0 Å². The van der Waals surface area contributed by atoms with Crippen molar-refractivity contribution in [2.24, 2.45) is 0 Å². The third-order valence-corrected chi connectivity index (χ3v) is 2.83. The minimum Gasteiger partial charge on any atom is -0.373 e. The van der Waals surface area contributed by atoms with Crippen LogP contribution in [0.25, 0.3) is 0 Å². The third kappa shape index (κ3) is 3.15. The fourth-order valence-corrected chi connectivity index (χ4v) is 1.73. The summed E-state index contributed by atoms with van der Waals surface area (Å²) in [5.74, 6) is 2.52. The largest absolute Gasteiger partial charge is 0.373 e. The number of rotatable bonds is 5. The van der Waals surface area contributed by atoms with E-state index in [2.05, 4.69) is 30.6 Å². The molecular formula is C13H18N6. The van der Waals surface area contributed by atoms with Gasteiger partial charge in [0.1, 0.15) is 23.8 Å². The van der Waals surface area contributed by atoms with Crippen LogP contribution in [0, 0.1) is 6.92 Å². The van der Waals surface area contributed by atoms with Gasteiger partial charge in [-0.2, -0.15) is 0 Å². The van der Waals surface area contributed by atoms with Crippen molar-refractivity contribution in [3.8, 4) is 0 Å². The molecule has 100 valence electrons. The molecule has 0 unspecified atom stereocenters. The first kappa shape index (κ1) is 13.2. The molecule has 0 radical (unpaired) electrons. The van der Waals surface area contributed by atoms with Crippen molar-refractivity contribution in [3.63, 3.8) is 0 Å². The smallest absolute Gasteiger partial charge is 0.135 e. The summed E-state index contributed by atoms with van der Waals surface area (Å²) in [4.78, 5) is 17.0. The number of aromatic nitrogens is 4. The van der Waals surface area contributed by atoms with Crippen molar-refractivity contribution < 1.29 is 0 Å². The molecule has 0 saturated heterocycles. The van der Waals surface area contributed by atoms with E-state index in [0.29, 0.717) is 6.54 Å². The molecule has 0 atom stereocenters. The molecule has 6 nitrogen and oxygen atoms in total. The molecular weight excluding hydrogens is 240 g/mol. The molecule has 0 saturated carbocycles. The second-order valence-electron chi connectivity index (χ2n) is 4.12. The number of hydrogen-bond acceptors (Lipinski definition) is 6. The summed E-state index contributed by atoms with van der Waals surface area (Å²) in [5, 5.41) is 6.39. The first-order valence-corrected chi connectivity index (χ1v) is 6.28. The number of hydrogen-bond donors (Lipinski definition) is 2. The maximum Gasteiger partial charge on any atom is 0.135 e. The van der Waals surface area contributed by atoms with Crippen LogP contribution < -0.4 is 10.6 Å². The zero-order valence-corrected chi connectivity index (χ0v) is 11.4. The summed E-state index contributed by atoms with van der Waals surface area (Å²) in [6.07, 6.45) is 4.07. The molecule has 0 bridgehead atoms. The van der Waals surface area contributed by atoms with Crippen molar-refractivity contribution >= 4 is 11.6 Å². The lowest BCUT2D eigenvalue weighted by atomic mass is 10.3. The maximum atomic E-state index is 4.51. The van der Waals surface area contributed by atoms with Crippen molar-refractivity contribution in [2.45, 2.75) is 26.8 Å². The van der Waals surface area contributed by atoms with Gasteiger partial charge in [-0.1, -0.05) is 6.92 Å². The van der Waals surface area contributed by atoms with Gasteiger partial charge in [-0.15, -0.1) is 0 Å². The average molecular weight is 258 g/mol. The van der Waals surface area contributed by atoms with Crippen LogP contribution in [-0.2, 0) is 13.0 Å². The highest BCUT2D eigenvalue weighted by Gasteiger charge is 2.09. The zero-order chi connectivity index (χ0) is 13.7. The van der Waals surface area contributed by atoms with Crippen LogP contribution in [0.2, 0.25) is 0 Å². The van der Waals surface area contributed by atoms with Crippen molar-refractivity contribution in [3.05, 3.63) is 35.7 Å². The number of anilines is 2. The summed E-state index contributed by atoms with van der Waals surface area (Å²) < 4.78 is 0. The van der Waals surface area contributed by atoms with Crippen LogP contribution in [0.4, 0.5) is 11.6 Å². The highest BCUT2D eigenvalue weighted by molar-refractivity contribution is 5.57. The minimum atomic E-state index is 0.618. The van der Waals surface area contributed by atoms with Crippen LogP contribution in [-0.4, -0.2) is 27.0 Å². The Morgan fingerprint density at radius 3 is 2.63 bits per heavy atom. The molecule has 6 heteroatoms. The molecule has 2 rings (SSSR count). The fourth-order valence-electron chi connectivity index (χ4n) is 1.73. The van der Waals surface area contributed by atoms with Crippen molar-refractivity contribution in [2.75, 3.05) is 17.7 Å². The Hall–Kier alpha value is -2.24. The number of nitrogens with one attached hydrogen (secondary N) is 2. The zero-order valence-electron chi connectivity index (χ0n) is 11.4. The van der Waals surface area contributed by atoms with E-state index in [4.69, 9.17) is 0 Å². The van der Waals surface area contributed by atoms with E-state index in [-0.39, 0.29) is 0 Å². The lowest BCUT2D eigenvalue weighted by Crippen LogP contribution is -2.10. The summed E-state index contributed by atoms with van der Waals surface area (Å²) in [6, 6.07) is 1.88. The summed E-state index contributed by atoms with van der Waals surface area (Å²) in [6.45, 7) is 4.65. The van der Waals surface area contributed by atoms with E-state index in [1.807, 2.05) is 27.0 Å². The second kappa shape index (κ2) is 6.08. The maximum absolute atomic E-state index is 4.51. The normalized spacial score (nSPS) is 10.3. The standard InChI is InChI=1S/C13H18N6/c1-4-11-18-12(14-3)9(2)13(19-11)16-7-10-5-6-15-8-17-10/h5-6,8H,4,7H2,1-3H3,(H2,14,16,18,19). The molecule has 2 heterocycles. The summed E-state index contributed by atoms with van der Waals surface area (Å²) in [5.41, 5.74) is 1.94. The molecule has 0 fully saturated rings. The molecule has 0 aliphatic carbocycles. The van der Waals surface area contributed by atoms with Gasteiger partial charge in [-0.05, 0) is 13.0 Å². The van der Waals surface area contributed by atoms with E-state index in [1.54, 1.807) is 12.5 Å². The third-order valence-electron chi connectivity index (χ3n) is 2.83. The van der Waals surface area contributed by atoms with Gasteiger partial charge in [-0.3, -0.25) is 0 Å². The molecule has 0 aliphatic rings. The van der Waals surface area contributed by atoms with E-state index in [9.17, 15) is 0 Å². The van der Waals surface area contributed by atoms with Gasteiger partial charge in [0.25, 0.3) is 0 Å². The Kier molecular flexibility index (Phi) is 4.22. The van der Waals surface area contributed by atoms with Gasteiger partial charge < -0.3 is 10.6 Å². The van der Waals surface area contributed by atoms with Crippen LogP contribution >= 0.6 is 0 Å². The van der Waals surface area contributed by atoms with Gasteiger partial charge >= 0.3 is 0 Å². The van der Waals surface area contributed by atoms with E-state index in [1.165, 1.54) is 0 Å².